The van der Waals surface area contributed by atoms with Crippen molar-refractivity contribution < 1.29 is 9.53 Å². The van der Waals surface area contributed by atoms with Crippen molar-refractivity contribution in [2.24, 2.45) is 0 Å². The van der Waals surface area contributed by atoms with Crippen LogP contribution < -0.4 is 0 Å². The fraction of sp³-hybridized carbons (Fsp3) is 0.211. The van der Waals surface area contributed by atoms with E-state index in [0.29, 0.717) is 0 Å². The van der Waals surface area contributed by atoms with Crippen molar-refractivity contribution in [3.8, 4) is 0 Å². The third-order valence-electron chi connectivity index (χ3n) is 2.87. The molecule has 0 amide bonds. The number of ether oxygens (including phenoxy) is 1. The normalized spacial score (nSPS) is 12.3. The van der Waals surface area contributed by atoms with E-state index in [2.05, 4.69) is 24.3 Å². The summed E-state index contributed by atoms with van der Waals surface area (Å²) in [4.78, 5) is 11.7. The first-order valence-electron chi connectivity index (χ1n) is 6.99. The van der Waals surface area contributed by atoms with Gasteiger partial charge in [0.2, 0.25) is 0 Å². The average molecular weight is 280 g/mol. The van der Waals surface area contributed by atoms with Crippen molar-refractivity contribution in [3.63, 3.8) is 0 Å². The number of benzene rings is 2. The Morgan fingerprint density at radius 2 is 1.71 bits per heavy atom. The molecule has 0 bridgehead atoms. The van der Waals surface area contributed by atoms with Crippen molar-refractivity contribution in [2.75, 3.05) is 0 Å². The first kappa shape index (κ1) is 15.0. The quantitative estimate of drug-likeness (QED) is 0.596. The van der Waals surface area contributed by atoms with E-state index < -0.39 is 0 Å². The zero-order chi connectivity index (χ0) is 15.3. The second-order valence-corrected chi connectivity index (χ2v) is 5.88. The Balaban J connectivity index is 2.03. The fourth-order valence-corrected chi connectivity index (χ4v) is 1.85. The van der Waals surface area contributed by atoms with Crippen molar-refractivity contribution in [1.82, 2.24) is 0 Å². The summed E-state index contributed by atoms with van der Waals surface area (Å²) in [5.41, 5.74) is 0.728. The lowest BCUT2D eigenvalue weighted by molar-refractivity contribution is -0.110. The topological polar surface area (TPSA) is 26.3 Å². The highest BCUT2D eigenvalue weighted by atomic mass is 16.5. The molecule has 2 heteroatoms. The Morgan fingerprint density at radius 3 is 2.43 bits per heavy atom. The third kappa shape index (κ3) is 4.92. The number of ketones is 1. The molecule has 0 N–H and O–H groups in total. The maximum atomic E-state index is 11.7. The summed E-state index contributed by atoms with van der Waals surface area (Å²) in [6.07, 6.45) is 6.25. The van der Waals surface area contributed by atoms with Gasteiger partial charge < -0.3 is 4.74 Å². The lowest BCUT2D eigenvalue weighted by Crippen LogP contribution is -2.15. The summed E-state index contributed by atoms with van der Waals surface area (Å²) in [7, 11) is 0. The van der Waals surface area contributed by atoms with Crippen molar-refractivity contribution >= 4 is 22.6 Å². The SMILES string of the molecule is CC(C)(C)O/C=C/C(=O)/C=C/c1ccc2ccccc2c1. The summed E-state index contributed by atoms with van der Waals surface area (Å²) < 4.78 is 5.37. The number of carbonyl (C=O) groups excluding carboxylic acids is 1. The van der Waals surface area contributed by atoms with E-state index in [0.717, 1.165) is 5.56 Å². The van der Waals surface area contributed by atoms with Crippen LogP contribution in [0.3, 0.4) is 0 Å². The van der Waals surface area contributed by atoms with Gasteiger partial charge >= 0.3 is 0 Å². The number of fused-ring (bicyclic) bond motifs is 1. The minimum atomic E-state index is -0.279. The summed E-state index contributed by atoms with van der Waals surface area (Å²) in [6, 6.07) is 14.3. The molecule has 0 saturated carbocycles. The highest BCUT2D eigenvalue weighted by Crippen LogP contribution is 2.16. The Bertz CT molecular complexity index is 688. The van der Waals surface area contributed by atoms with Gasteiger partial charge in [-0.05, 0) is 49.2 Å². The van der Waals surface area contributed by atoms with E-state index in [1.165, 1.54) is 23.1 Å². The molecule has 0 fully saturated rings. The zero-order valence-corrected chi connectivity index (χ0v) is 12.7. The molecule has 0 aliphatic rings. The molecule has 21 heavy (non-hydrogen) atoms. The lowest BCUT2D eigenvalue weighted by atomic mass is 10.1. The summed E-state index contributed by atoms with van der Waals surface area (Å²) >= 11 is 0. The second-order valence-electron chi connectivity index (χ2n) is 5.88. The van der Waals surface area contributed by atoms with Gasteiger partial charge in [-0.1, -0.05) is 42.5 Å². The molecule has 0 unspecified atom stereocenters. The van der Waals surface area contributed by atoms with Gasteiger partial charge in [-0.15, -0.1) is 0 Å². The largest absolute Gasteiger partial charge is 0.496 e. The molecule has 0 aliphatic carbocycles. The van der Waals surface area contributed by atoms with Crippen LogP contribution in [0.2, 0.25) is 0 Å². The molecule has 0 saturated heterocycles. The molecule has 0 radical (unpaired) electrons. The van der Waals surface area contributed by atoms with Gasteiger partial charge in [0.1, 0.15) is 0 Å². The maximum Gasteiger partial charge on any atom is 0.181 e. The van der Waals surface area contributed by atoms with Crippen LogP contribution in [0, 0.1) is 0 Å². The first-order valence-corrected chi connectivity index (χ1v) is 6.99. The monoisotopic (exact) mass is 280 g/mol. The molecule has 0 spiro atoms. The number of carbonyl (C=O) groups is 1. The number of hydrogen-bond donors (Lipinski definition) is 0. The highest BCUT2D eigenvalue weighted by molar-refractivity contribution is 6.02. The maximum absolute atomic E-state index is 11.7. The lowest BCUT2D eigenvalue weighted by Gasteiger charge is -2.17. The molecule has 0 atom stereocenters. The molecule has 2 aromatic rings. The van der Waals surface area contributed by atoms with Gasteiger partial charge in [-0.25, -0.2) is 0 Å². The van der Waals surface area contributed by atoms with Gasteiger partial charge in [0.05, 0.1) is 11.9 Å². The standard InChI is InChI=1S/C19H20O2/c1-19(2,3)21-13-12-18(20)11-9-15-8-10-16-6-4-5-7-17(16)14-15/h4-14H,1-3H3/b11-9+,13-12+. The molecular weight excluding hydrogens is 260 g/mol. The Morgan fingerprint density at radius 1 is 1.00 bits per heavy atom. The van der Waals surface area contributed by atoms with Crippen molar-refractivity contribution in [2.45, 2.75) is 26.4 Å². The minimum absolute atomic E-state index is 0.0904. The van der Waals surface area contributed by atoms with E-state index in [1.54, 1.807) is 6.08 Å². The van der Waals surface area contributed by atoms with Crippen LogP contribution in [0.25, 0.3) is 16.8 Å². The molecule has 2 aromatic carbocycles. The smallest absolute Gasteiger partial charge is 0.181 e. The Labute approximate surface area is 125 Å². The zero-order valence-electron chi connectivity index (χ0n) is 12.7. The molecule has 2 nitrogen and oxygen atoms in total. The molecule has 0 heterocycles. The highest BCUT2D eigenvalue weighted by Gasteiger charge is 2.07. The van der Waals surface area contributed by atoms with Gasteiger partial charge in [-0.2, -0.15) is 0 Å². The third-order valence-corrected chi connectivity index (χ3v) is 2.87. The molecule has 0 aromatic heterocycles. The number of rotatable bonds is 4. The van der Waals surface area contributed by atoms with Gasteiger partial charge in [0.25, 0.3) is 0 Å². The van der Waals surface area contributed by atoms with Crippen LogP contribution in [0.5, 0.6) is 0 Å². The number of hydrogen-bond acceptors (Lipinski definition) is 2. The fourth-order valence-electron chi connectivity index (χ4n) is 1.85. The number of allylic oxidation sites excluding steroid dienone is 2. The minimum Gasteiger partial charge on any atom is -0.496 e. The van der Waals surface area contributed by atoms with Crippen LogP contribution in [0.4, 0.5) is 0 Å². The van der Waals surface area contributed by atoms with Gasteiger partial charge in [0.15, 0.2) is 5.78 Å². The summed E-state index contributed by atoms with van der Waals surface area (Å²) in [5.74, 6) is -0.0904. The Hall–Kier alpha value is -2.35. The molecule has 108 valence electrons. The van der Waals surface area contributed by atoms with Crippen LogP contribution in [0.1, 0.15) is 26.3 Å². The predicted molar refractivity (Wildman–Crippen MR) is 88.0 cm³/mol. The molecule has 2 rings (SSSR count). The molecule has 0 aliphatic heterocycles. The van der Waals surface area contributed by atoms with E-state index in [1.807, 2.05) is 45.0 Å². The predicted octanol–water partition coefficient (Wildman–Crippen LogP) is 4.75. The average Bonchev–Trinajstić information content (AvgIpc) is 2.43. The second kappa shape index (κ2) is 6.40. The van der Waals surface area contributed by atoms with Crippen molar-refractivity contribution in [3.05, 3.63) is 66.4 Å². The van der Waals surface area contributed by atoms with E-state index in [9.17, 15) is 4.79 Å². The van der Waals surface area contributed by atoms with Gasteiger partial charge in [-0.3, -0.25) is 4.79 Å². The Kier molecular flexibility index (Phi) is 4.59. The van der Waals surface area contributed by atoms with E-state index in [-0.39, 0.29) is 11.4 Å². The summed E-state index contributed by atoms with van der Waals surface area (Å²) in [5, 5.41) is 2.36. The van der Waals surface area contributed by atoms with E-state index >= 15 is 0 Å². The molecular formula is C19H20O2. The van der Waals surface area contributed by atoms with Crippen LogP contribution >= 0.6 is 0 Å². The van der Waals surface area contributed by atoms with Crippen LogP contribution in [-0.2, 0) is 9.53 Å². The summed E-state index contributed by atoms with van der Waals surface area (Å²) in [6.45, 7) is 5.81. The first-order chi connectivity index (χ1) is 9.94. The van der Waals surface area contributed by atoms with Gasteiger partial charge in [0, 0.05) is 6.08 Å². The van der Waals surface area contributed by atoms with Crippen molar-refractivity contribution in [1.29, 1.82) is 0 Å². The van der Waals surface area contributed by atoms with Crippen LogP contribution in [-0.4, -0.2) is 11.4 Å². The van der Waals surface area contributed by atoms with Crippen LogP contribution in [0.15, 0.2) is 60.9 Å². The van der Waals surface area contributed by atoms with E-state index in [4.69, 9.17) is 4.74 Å².